The first-order chi connectivity index (χ1) is 11.1. The monoisotopic (exact) mass is 353 g/mol. The van der Waals surface area contributed by atoms with Crippen LogP contribution in [0.15, 0.2) is 29.6 Å². The van der Waals surface area contributed by atoms with Crippen molar-refractivity contribution < 1.29 is 13.9 Å². The topological polar surface area (TPSA) is 29.5 Å². The number of thiophene rings is 1. The Morgan fingerprint density at radius 1 is 1.48 bits per heavy atom. The predicted octanol–water partition coefficient (Wildman–Crippen LogP) is 4.46. The molecule has 1 atom stereocenters. The van der Waals surface area contributed by atoms with E-state index in [2.05, 4.69) is 18.4 Å². The second-order valence-electron chi connectivity index (χ2n) is 5.42. The fraction of sp³-hybridized carbons (Fsp3) is 0.353. The van der Waals surface area contributed by atoms with E-state index >= 15 is 0 Å². The van der Waals surface area contributed by atoms with Crippen LogP contribution in [0.5, 0.6) is 5.75 Å². The van der Waals surface area contributed by atoms with Crippen molar-refractivity contribution in [2.75, 3.05) is 13.2 Å². The van der Waals surface area contributed by atoms with Crippen molar-refractivity contribution in [1.29, 1.82) is 0 Å². The minimum atomic E-state index is -0.502. The molecule has 0 saturated heterocycles. The van der Waals surface area contributed by atoms with E-state index in [1.165, 1.54) is 28.6 Å². The number of hydrogen-bond donors (Lipinski definition) is 0. The summed E-state index contributed by atoms with van der Waals surface area (Å²) >= 11 is 7.47. The molecule has 23 heavy (non-hydrogen) atoms. The highest BCUT2D eigenvalue weighted by atomic mass is 35.5. The van der Waals surface area contributed by atoms with Crippen LogP contribution in [0.2, 0.25) is 5.02 Å². The molecule has 1 aromatic heterocycles. The Kier molecular flexibility index (Phi) is 4.87. The number of nitrogens with zero attached hydrogens (tertiary/aromatic N) is 1. The first-order valence-electron chi connectivity index (χ1n) is 7.53. The lowest BCUT2D eigenvalue weighted by Gasteiger charge is -2.35. The molecule has 2 heterocycles. The van der Waals surface area contributed by atoms with Crippen molar-refractivity contribution >= 4 is 28.8 Å². The lowest BCUT2D eigenvalue weighted by molar-refractivity contribution is -0.136. The minimum Gasteiger partial charge on any atom is -0.484 e. The van der Waals surface area contributed by atoms with Crippen molar-refractivity contribution in [2.45, 2.75) is 25.8 Å². The van der Waals surface area contributed by atoms with Gasteiger partial charge in [-0.15, -0.1) is 11.3 Å². The van der Waals surface area contributed by atoms with Gasteiger partial charge in [0.05, 0.1) is 11.1 Å². The Morgan fingerprint density at radius 2 is 2.30 bits per heavy atom. The molecule has 6 heteroatoms. The minimum absolute atomic E-state index is 0.0118. The molecule has 1 aliphatic rings. The second-order valence-corrected chi connectivity index (χ2v) is 6.83. The van der Waals surface area contributed by atoms with Gasteiger partial charge in [-0.1, -0.05) is 18.5 Å². The van der Waals surface area contributed by atoms with Crippen molar-refractivity contribution in [3.8, 4) is 5.75 Å². The molecule has 0 aliphatic carbocycles. The third kappa shape index (κ3) is 3.35. The summed E-state index contributed by atoms with van der Waals surface area (Å²) in [5.74, 6) is -0.169. The Labute approximate surface area is 143 Å². The van der Waals surface area contributed by atoms with Gasteiger partial charge in [0.25, 0.3) is 5.91 Å². The summed E-state index contributed by atoms with van der Waals surface area (Å²) in [6.45, 7) is 2.72. The zero-order valence-electron chi connectivity index (χ0n) is 12.7. The van der Waals surface area contributed by atoms with Gasteiger partial charge in [-0.25, -0.2) is 4.39 Å². The maximum absolute atomic E-state index is 13.1. The summed E-state index contributed by atoms with van der Waals surface area (Å²) in [6.07, 6.45) is 1.76. The number of ether oxygens (including phenoxy) is 1. The molecule has 1 aromatic carbocycles. The molecular weight excluding hydrogens is 337 g/mol. The summed E-state index contributed by atoms with van der Waals surface area (Å²) in [5, 5.41) is 2.07. The maximum atomic E-state index is 13.1. The first-order valence-corrected chi connectivity index (χ1v) is 8.79. The SMILES string of the molecule is CCC1c2ccsc2CCN1C(=O)COc1ccc(F)c(Cl)c1. The maximum Gasteiger partial charge on any atom is 0.261 e. The third-order valence-electron chi connectivity index (χ3n) is 4.06. The van der Waals surface area contributed by atoms with Crippen molar-refractivity contribution in [3.05, 3.63) is 50.9 Å². The van der Waals surface area contributed by atoms with Gasteiger partial charge in [0.1, 0.15) is 11.6 Å². The molecule has 2 aromatic rings. The fourth-order valence-electron chi connectivity index (χ4n) is 2.93. The Hall–Kier alpha value is -1.59. The third-order valence-corrected chi connectivity index (χ3v) is 5.34. The first kappa shape index (κ1) is 16.3. The second kappa shape index (κ2) is 6.89. The lowest BCUT2D eigenvalue weighted by atomic mass is 9.98. The van der Waals surface area contributed by atoms with Crippen molar-refractivity contribution in [2.24, 2.45) is 0 Å². The molecule has 3 rings (SSSR count). The van der Waals surface area contributed by atoms with E-state index in [4.69, 9.17) is 16.3 Å². The normalized spacial score (nSPS) is 17.0. The molecule has 0 spiro atoms. The standard InChI is InChI=1S/C17H17ClFNO2S/c1-2-15-12-6-8-23-16(12)5-7-20(15)17(21)10-22-11-3-4-14(19)13(18)9-11/h3-4,6,8-9,15H,2,5,7,10H2,1H3. The van der Waals surface area contributed by atoms with Crippen molar-refractivity contribution in [3.63, 3.8) is 0 Å². The van der Waals surface area contributed by atoms with Crippen molar-refractivity contribution in [1.82, 2.24) is 4.90 Å². The van der Waals surface area contributed by atoms with Crippen LogP contribution in [0, 0.1) is 5.82 Å². The molecule has 0 radical (unpaired) electrons. The van der Waals surface area contributed by atoms with Crippen LogP contribution in [0.1, 0.15) is 29.8 Å². The number of carbonyl (C=O) groups excluding carboxylic acids is 1. The smallest absolute Gasteiger partial charge is 0.261 e. The molecule has 0 fully saturated rings. The van der Waals surface area contributed by atoms with E-state index in [0.717, 1.165) is 12.8 Å². The lowest BCUT2D eigenvalue weighted by Crippen LogP contribution is -2.41. The number of amides is 1. The van der Waals surface area contributed by atoms with E-state index < -0.39 is 5.82 Å². The summed E-state index contributed by atoms with van der Waals surface area (Å²) in [7, 11) is 0. The van der Waals surface area contributed by atoms with Gasteiger partial charge >= 0.3 is 0 Å². The van der Waals surface area contributed by atoms with Gasteiger partial charge < -0.3 is 9.64 Å². The Bertz CT molecular complexity index is 718. The van der Waals surface area contributed by atoms with Gasteiger partial charge in [0.15, 0.2) is 6.61 Å². The average Bonchev–Trinajstić information content (AvgIpc) is 3.03. The molecule has 0 bridgehead atoms. The van der Waals surface area contributed by atoms with E-state index in [1.54, 1.807) is 11.3 Å². The molecule has 122 valence electrons. The molecular formula is C17H17ClFNO2S. The van der Waals surface area contributed by atoms with Crippen LogP contribution in [-0.2, 0) is 11.2 Å². The van der Waals surface area contributed by atoms with E-state index in [1.807, 2.05) is 4.90 Å². The van der Waals surface area contributed by atoms with Crippen LogP contribution in [0.3, 0.4) is 0 Å². The Balaban J connectivity index is 1.67. The van der Waals surface area contributed by atoms with Gasteiger partial charge in [0, 0.05) is 17.5 Å². The summed E-state index contributed by atoms with van der Waals surface area (Å²) in [4.78, 5) is 15.8. The molecule has 0 N–H and O–H groups in total. The summed E-state index contributed by atoms with van der Waals surface area (Å²) < 4.78 is 18.6. The molecule has 1 aliphatic heterocycles. The average molecular weight is 354 g/mol. The number of carbonyl (C=O) groups is 1. The number of halogens is 2. The highest BCUT2D eigenvalue weighted by Crippen LogP contribution is 2.35. The van der Waals surface area contributed by atoms with Crippen LogP contribution in [-0.4, -0.2) is 24.0 Å². The molecule has 1 unspecified atom stereocenters. The van der Waals surface area contributed by atoms with Gasteiger partial charge in [0.2, 0.25) is 0 Å². The molecule has 1 amide bonds. The van der Waals surface area contributed by atoms with E-state index in [-0.39, 0.29) is 23.6 Å². The number of fused-ring (bicyclic) bond motifs is 1. The molecule has 3 nitrogen and oxygen atoms in total. The fourth-order valence-corrected chi connectivity index (χ4v) is 4.03. The number of benzene rings is 1. The Morgan fingerprint density at radius 3 is 3.04 bits per heavy atom. The predicted molar refractivity (Wildman–Crippen MR) is 89.7 cm³/mol. The van der Waals surface area contributed by atoms with Gasteiger partial charge in [-0.2, -0.15) is 0 Å². The highest BCUT2D eigenvalue weighted by molar-refractivity contribution is 7.10. The zero-order chi connectivity index (χ0) is 16.4. The van der Waals surface area contributed by atoms with Crippen LogP contribution < -0.4 is 4.74 Å². The van der Waals surface area contributed by atoms with Crippen LogP contribution >= 0.6 is 22.9 Å². The zero-order valence-corrected chi connectivity index (χ0v) is 14.3. The largest absolute Gasteiger partial charge is 0.484 e. The van der Waals surface area contributed by atoms with E-state index in [9.17, 15) is 9.18 Å². The van der Waals surface area contributed by atoms with Crippen LogP contribution in [0.4, 0.5) is 4.39 Å². The highest BCUT2D eigenvalue weighted by Gasteiger charge is 2.30. The number of rotatable bonds is 4. The van der Waals surface area contributed by atoms with Gasteiger partial charge in [-0.3, -0.25) is 4.79 Å². The molecule has 0 saturated carbocycles. The number of hydrogen-bond acceptors (Lipinski definition) is 3. The van der Waals surface area contributed by atoms with Crippen LogP contribution in [0.25, 0.3) is 0 Å². The van der Waals surface area contributed by atoms with Gasteiger partial charge in [-0.05, 0) is 42.0 Å². The summed E-state index contributed by atoms with van der Waals surface area (Å²) in [5.41, 5.74) is 1.25. The quantitative estimate of drug-likeness (QED) is 0.812. The van der Waals surface area contributed by atoms with E-state index in [0.29, 0.717) is 12.3 Å². The summed E-state index contributed by atoms with van der Waals surface area (Å²) in [6, 6.07) is 6.30.